The summed E-state index contributed by atoms with van der Waals surface area (Å²) in [6.07, 6.45) is 1.76. The molecule has 0 unspecified atom stereocenters. The van der Waals surface area contributed by atoms with Crippen LogP contribution in [-0.4, -0.2) is 14.7 Å². The van der Waals surface area contributed by atoms with E-state index in [-0.39, 0.29) is 5.75 Å². The van der Waals surface area contributed by atoms with Gasteiger partial charge >= 0.3 is 0 Å². The third-order valence-corrected chi connectivity index (χ3v) is 5.86. The lowest BCUT2D eigenvalue weighted by molar-refractivity contribution is 0.474. The Bertz CT molecular complexity index is 922. The molecular formula is C21H24Br2N2O. The van der Waals surface area contributed by atoms with Crippen LogP contribution in [0.3, 0.4) is 0 Å². The second-order valence-electron chi connectivity index (χ2n) is 7.48. The fraction of sp³-hybridized carbons (Fsp3) is 0.381. The molecule has 0 aliphatic carbocycles. The molecule has 0 spiro atoms. The van der Waals surface area contributed by atoms with E-state index in [0.29, 0.717) is 12.0 Å². The molecule has 5 heteroatoms. The second-order valence-corrected chi connectivity index (χ2v) is 9.19. The van der Waals surface area contributed by atoms with Gasteiger partial charge in [-0.15, -0.1) is 0 Å². The first-order chi connectivity index (χ1) is 12.3. The number of imidazole rings is 1. The number of benzene rings is 2. The number of rotatable bonds is 5. The van der Waals surface area contributed by atoms with Crippen molar-refractivity contribution in [1.82, 2.24) is 9.55 Å². The number of halogens is 2. The van der Waals surface area contributed by atoms with E-state index in [4.69, 9.17) is 4.98 Å². The van der Waals surface area contributed by atoms with Crippen molar-refractivity contribution >= 4 is 42.9 Å². The first kappa shape index (κ1) is 19.4. The van der Waals surface area contributed by atoms with Crippen LogP contribution in [0.5, 0.6) is 5.75 Å². The molecule has 0 amide bonds. The van der Waals surface area contributed by atoms with E-state index in [1.165, 1.54) is 11.1 Å². The highest BCUT2D eigenvalue weighted by Gasteiger charge is 2.16. The number of fused-ring (bicyclic) bond motifs is 1. The van der Waals surface area contributed by atoms with Crippen LogP contribution in [0.25, 0.3) is 11.0 Å². The molecule has 0 bridgehead atoms. The highest BCUT2D eigenvalue weighted by molar-refractivity contribution is 9.11. The summed E-state index contributed by atoms with van der Waals surface area (Å²) < 4.78 is 4.17. The number of nitrogens with zero attached hydrogens (tertiary/aromatic N) is 2. The van der Waals surface area contributed by atoms with Gasteiger partial charge in [-0.25, -0.2) is 4.98 Å². The fourth-order valence-corrected chi connectivity index (χ4v) is 4.79. The Kier molecular flexibility index (Phi) is 5.78. The molecule has 2 aromatic carbocycles. The largest absolute Gasteiger partial charge is 0.508 e. The summed E-state index contributed by atoms with van der Waals surface area (Å²) in [5, 5.41) is 9.73. The van der Waals surface area contributed by atoms with E-state index in [0.717, 1.165) is 38.7 Å². The van der Waals surface area contributed by atoms with Crippen LogP contribution in [-0.2, 0) is 12.8 Å². The Morgan fingerprint density at radius 2 is 1.69 bits per heavy atom. The summed E-state index contributed by atoms with van der Waals surface area (Å²) >= 11 is 7.13. The molecule has 0 saturated heterocycles. The van der Waals surface area contributed by atoms with E-state index < -0.39 is 0 Å². The Hall–Kier alpha value is -1.33. The Balaban J connectivity index is 2.05. The smallest absolute Gasteiger partial charge is 0.117 e. The van der Waals surface area contributed by atoms with Crippen molar-refractivity contribution in [2.75, 3.05) is 0 Å². The minimum atomic E-state index is 0.249. The van der Waals surface area contributed by atoms with Crippen LogP contribution in [0.1, 0.15) is 50.7 Å². The van der Waals surface area contributed by atoms with Crippen LogP contribution < -0.4 is 0 Å². The lowest BCUT2D eigenvalue weighted by Crippen LogP contribution is -2.09. The Labute approximate surface area is 171 Å². The van der Waals surface area contributed by atoms with E-state index in [1.807, 2.05) is 0 Å². The van der Waals surface area contributed by atoms with Crippen molar-refractivity contribution in [1.29, 1.82) is 0 Å². The number of hydrogen-bond acceptors (Lipinski definition) is 2. The maximum atomic E-state index is 9.73. The maximum absolute atomic E-state index is 9.73. The molecular weight excluding hydrogens is 456 g/mol. The SMILES string of the molecule is CC(C)Cc1nc2ccc(Cc3c(Br)cc(O)cc3Br)cc2n1C(C)C. The van der Waals surface area contributed by atoms with Gasteiger partial charge in [-0.1, -0.05) is 51.8 Å². The van der Waals surface area contributed by atoms with Gasteiger partial charge in [-0.3, -0.25) is 0 Å². The fourth-order valence-electron chi connectivity index (χ4n) is 3.35. The first-order valence-electron chi connectivity index (χ1n) is 8.93. The minimum Gasteiger partial charge on any atom is -0.508 e. The van der Waals surface area contributed by atoms with Crippen molar-refractivity contribution in [3.05, 3.63) is 56.2 Å². The average Bonchev–Trinajstić information content (AvgIpc) is 2.87. The number of aromatic hydroxyl groups is 1. The van der Waals surface area contributed by atoms with Crippen molar-refractivity contribution in [3.8, 4) is 5.75 Å². The van der Waals surface area contributed by atoms with Crippen LogP contribution in [0.15, 0.2) is 39.3 Å². The van der Waals surface area contributed by atoms with Gasteiger partial charge in [0.25, 0.3) is 0 Å². The molecule has 3 rings (SSSR count). The highest BCUT2D eigenvalue weighted by atomic mass is 79.9. The normalized spacial score (nSPS) is 11.8. The summed E-state index contributed by atoms with van der Waals surface area (Å²) in [5.74, 6) is 1.99. The average molecular weight is 480 g/mol. The molecule has 138 valence electrons. The van der Waals surface area contributed by atoms with Gasteiger partial charge in [-0.2, -0.15) is 0 Å². The van der Waals surface area contributed by atoms with Gasteiger partial charge < -0.3 is 9.67 Å². The second kappa shape index (κ2) is 7.73. The van der Waals surface area contributed by atoms with Crippen molar-refractivity contribution < 1.29 is 5.11 Å². The Morgan fingerprint density at radius 3 is 2.27 bits per heavy atom. The molecule has 3 nitrogen and oxygen atoms in total. The number of phenolic OH excluding ortho intramolecular Hbond substituents is 1. The summed E-state index contributed by atoms with van der Waals surface area (Å²) in [4.78, 5) is 4.88. The third-order valence-electron chi connectivity index (χ3n) is 4.44. The number of hydrogen-bond donors (Lipinski definition) is 1. The van der Waals surface area contributed by atoms with Crippen LogP contribution in [0.2, 0.25) is 0 Å². The molecule has 26 heavy (non-hydrogen) atoms. The lowest BCUT2D eigenvalue weighted by Gasteiger charge is -2.15. The van der Waals surface area contributed by atoms with Gasteiger partial charge in [0.1, 0.15) is 11.6 Å². The molecule has 0 atom stereocenters. The van der Waals surface area contributed by atoms with Crippen LogP contribution >= 0.6 is 31.9 Å². The van der Waals surface area contributed by atoms with E-state index in [9.17, 15) is 5.11 Å². The summed E-state index contributed by atoms with van der Waals surface area (Å²) in [6.45, 7) is 8.89. The monoisotopic (exact) mass is 478 g/mol. The molecule has 0 fully saturated rings. The highest BCUT2D eigenvalue weighted by Crippen LogP contribution is 2.33. The molecule has 0 aliphatic rings. The van der Waals surface area contributed by atoms with E-state index in [2.05, 4.69) is 82.3 Å². The standard InChI is InChI=1S/C21H24Br2N2O/c1-12(2)7-21-24-19-6-5-14(9-20(19)25(21)13(3)4)8-16-17(22)10-15(26)11-18(16)23/h5-6,9-13,26H,7-8H2,1-4H3. The zero-order valence-corrected chi connectivity index (χ0v) is 18.7. The summed E-state index contributed by atoms with van der Waals surface area (Å²) in [7, 11) is 0. The lowest BCUT2D eigenvalue weighted by atomic mass is 10.0. The topological polar surface area (TPSA) is 38.1 Å². The van der Waals surface area contributed by atoms with Gasteiger partial charge in [0.05, 0.1) is 11.0 Å². The van der Waals surface area contributed by atoms with Gasteiger partial charge in [0.2, 0.25) is 0 Å². The predicted molar refractivity (Wildman–Crippen MR) is 115 cm³/mol. The maximum Gasteiger partial charge on any atom is 0.117 e. The third kappa shape index (κ3) is 3.99. The van der Waals surface area contributed by atoms with Crippen molar-refractivity contribution in [2.45, 2.75) is 46.6 Å². The molecule has 0 radical (unpaired) electrons. The summed E-state index contributed by atoms with van der Waals surface area (Å²) in [6, 6.07) is 10.4. The predicted octanol–water partition coefficient (Wildman–Crippen LogP) is 6.64. The van der Waals surface area contributed by atoms with Gasteiger partial charge in [-0.05, 0) is 61.6 Å². The van der Waals surface area contributed by atoms with Crippen molar-refractivity contribution in [2.24, 2.45) is 5.92 Å². The molecule has 3 aromatic rings. The van der Waals surface area contributed by atoms with Gasteiger partial charge in [0.15, 0.2) is 0 Å². The van der Waals surface area contributed by atoms with Crippen molar-refractivity contribution in [3.63, 3.8) is 0 Å². The first-order valence-corrected chi connectivity index (χ1v) is 10.5. The summed E-state index contributed by atoms with van der Waals surface area (Å²) in [5.41, 5.74) is 4.60. The number of aromatic nitrogens is 2. The molecule has 0 saturated carbocycles. The minimum absolute atomic E-state index is 0.249. The quantitative estimate of drug-likeness (QED) is 0.445. The molecule has 1 heterocycles. The molecule has 1 aromatic heterocycles. The van der Waals surface area contributed by atoms with Crippen LogP contribution in [0.4, 0.5) is 0 Å². The van der Waals surface area contributed by atoms with Gasteiger partial charge in [0, 0.05) is 21.4 Å². The zero-order valence-electron chi connectivity index (χ0n) is 15.6. The Morgan fingerprint density at radius 1 is 1.04 bits per heavy atom. The number of phenols is 1. The van der Waals surface area contributed by atoms with E-state index in [1.54, 1.807) is 12.1 Å². The zero-order chi connectivity index (χ0) is 19.0. The molecule has 0 aliphatic heterocycles. The van der Waals surface area contributed by atoms with E-state index >= 15 is 0 Å². The van der Waals surface area contributed by atoms with Crippen LogP contribution in [0, 0.1) is 5.92 Å². The molecule has 1 N–H and O–H groups in total.